The highest BCUT2D eigenvalue weighted by atomic mass is 32.2. The zero-order valence-corrected chi connectivity index (χ0v) is 13.2. The summed E-state index contributed by atoms with van der Waals surface area (Å²) >= 11 is -1.48. The Morgan fingerprint density at radius 2 is 1.86 bits per heavy atom. The minimum absolute atomic E-state index is 0.0476. The summed E-state index contributed by atoms with van der Waals surface area (Å²) in [5.41, 5.74) is -0.375. The van der Waals surface area contributed by atoms with Crippen LogP contribution >= 0.6 is 0 Å². The van der Waals surface area contributed by atoms with Crippen LogP contribution in [0.3, 0.4) is 0 Å². The number of hydrogen-bond acceptors (Lipinski definition) is 2. The lowest BCUT2D eigenvalue weighted by molar-refractivity contribution is -0.138. The predicted octanol–water partition coefficient (Wildman–Crippen LogP) is 3.74. The molecular weight excluding hydrogens is 299 g/mol. The molecule has 0 amide bonds. The van der Waals surface area contributed by atoms with E-state index in [9.17, 15) is 17.7 Å². The maximum atomic E-state index is 12.9. The number of halogens is 3. The van der Waals surface area contributed by atoms with Gasteiger partial charge in [-0.05, 0) is 44.9 Å². The number of benzene rings is 1. The smallest absolute Gasteiger partial charge is 0.416 e. The van der Waals surface area contributed by atoms with Crippen molar-refractivity contribution in [2.24, 2.45) is 0 Å². The van der Waals surface area contributed by atoms with Gasteiger partial charge in [-0.15, -0.1) is 11.1 Å². The van der Waals surface area contributed by atoms with E-state index in [-0.39, 0.29) is 5.56 Å². The van der Waals surface area contributed by atoms with Crippen LogP contribution in [0, 0.1) is 19.3 Å². The van der Waals surface area contributed by atoms with E-state index >= 15 is 0 Å². The third kappa shape index (κ3) is 4.40. The van der Waals surface area contributed by atoms with Gasteiger partial charge in [0, 0.05) is 11.4 Å². The molecule has 1 N–H and O–H groups in total. The molecule has 0 aliphatic heterocycles. The predicted molar refractivity (Wildman–Crippen MR) is 78.8 cm³/mol. The van der Waals surface area contributed by atoms with Gasteiger partial charge < -0.3 is 4.55 Å². The molecule has 1 aromatic carbocycles. The Morgan fingerprint density at radius 1 is 1.29 bits per heavy atom. The first kappa shape index (κ1) is 17.9. The summed E-state index contributed by atoms with van der Waals surface area (Å²) in [6.45, 7) is 6.62. The molecule has 1 rings (SSSR count). The van der Waals surface area contributed by atoms with Gasteiger partial charge in [0.05, 0.1) is 5.56 Å². The normalized spacial score (nSPS) is 15.4. The first-order valence-corrected chi connectivity index (χ1v) is 7.44. The first-order chi connectivity index (χ1) is 9.48. The van der Waals surface area contributed by atoms with E-state index in [4.69, 9.17) is 6.42 Å². The van der Waals surface area contributed by atoms with Crippen LogP contribution in [0.4, 0.5) is 13.2 Å². The van der Waals surface area contributed by atoms with Crippen LogP contribution < -0.4 is 4.72 Å². The van der Waals surface area contributed by atoms with Gasteiger partial charge in [-0.1, -0.05) is 18.1 Å². The highest BCUT2D eigenvalue weighted by molar-refractivity contribution is 7.90. The fraction of sp³-hybridized carbons (Fsp3) is 0.467. The van der Waals surface area contributed by atoms with Gasteiger partial charge in [-0.25, -0.2) is 0 Å². The average Bonchev–Trinajstić information content (AvgIpc) is 2.33. The lowest BCUT2D eigenvalue weighted by Gasteiger charge is -2.27. The molecule has 0 aromatic heterocycles. The van der Waals surface area contributed by atoms with E-state index in [0.29, 0.717) is 5.56 Å². The molecule has 6 heteroatoms. The van der Waals surface area contributed by atoms with Crippen molar-refractivity contribution < 1.29 is 17.7 Å². The summed E-state index contributed by atoms with van der Waals surface area (Å²) in [5.74, 6) is 2.37. The highest BCUT2D eigenvalue weighted by Gasteiger charge is 2.35. The van der Waals surface area contributed by atoms with E-state index in [1.165, 1.54) is 19.1 Å². The third-order valence-corrected chi connectivity index (χ3v) is 4.50. The summed E-state index contributed by atoms with van der Waals surface area (Å²) in [4.78, 5) is 0. The highest BCUT2D eigenvalue weighted by Crippen LogP contribution is 2.34. The molecule has 21 heavy (non-hydrogen) atoms. The Labute approximate surface area is 126 Å². The molecule has 1 unspecified atom stereocenters. The fourth-order valence-electron chi connectivity index (χ4n) is 1.74. The average molecular weight is 317 g/mol. The van der Waals surface area contributed by atoms with Crippen molar-refractivity contribution in [1.82, 2.24) is 4.72 Å². The van der Waals surface area contributed by atoms with Gasteiger partial charge >= 0.3 is 6.18 Å². The second kappa shape index (κ2) is 6.30. The van der Waals surface area contributed by atoms with Crippen LogP contribution in [0.2, 0.25) is 0 Å². The summed E-state index contributed by atoms with van der Waals surface area (Å²) in [6.07, 6.45) is 0.954. The topological polar surface area (TPSA) is 35.1 Å². The second-order valence-corrected chi connectivity index (χ2v) is 7.61. The largest absolute Gasteiger partial charge is 0.598 e. The molecule has 0 saturated heterocycles. The summed E-state index contributed by atoms with van der Waals surface area (Å²) < 4.78 is 53.0. The van der Waals surface area contributed by atoms with Crippen LogP contribution in [0.15, 0.2) is 18.2 Å². The van der Waals surface area contributed by atoms with Crippen molar-refractivity contribution in [2.75, 3.05) is 0 Å². The Hall–Kier alpha value is -1.16. The quantitative estimate of drug-likeness (QED) is 0.681. The van der Waals surface area contributed by atoms with Gasteiger partial charge in [-0.3, -0.25) is 0 Å². The van der Waals surface area contributed by atoms with E-state index < -0.39 is 33.9 Å². The monoisotopic (exact) mass is 317 g/mol. The fourth-order valence-corrected chi connectivity index (χ4v) is 2.51. The molecule has 1 aromatic rings. The van der Waals surface area contributed by atoms with Crippen LogP contribution in [0.25, 0.3) is 0 Å². The Kier molecular flexibility index (Phi) is 5.37. The molecule has 2 nitrogen and oxygen atoms in total. The van der Waals surface area contributed by atoms with Crippen molar-refractivity contribution >= 4 is 11.4 Å². The zero-order valence-electron chi connectivity index (χ0n) is 12.3. The summed E-state index contributed by atoms with van der Waals surface area (Å²) in [6, 6.07) is 2.99. The van der Waals surface area contributed by atoms with Crippen molar-refractivity contribution in [3.05, 3.63) is 34.9 Å². The van der Waals surface area contributed by atoms with Crippen molar-refractivity contribution in [3.8, 4) is 12.3 Å². The molecule has 0 radical (unpaired) electrons. The minimum atomic E-state index is -4.44. The minimum Gasteiger partial charge on any atom is -0.598 e. The summed E-state index contributed by atoms with van der Waals surface area (Å²) in [7, 11) is 0. The van der Waals surface area contributed by atoms with Gasteiger partial charge in [0.1, 0.15) is 10.8 Å². The SMILES string of the molecule is C#CC(N[S@@+]([O-])C(C)(C)C)c1cccc(C(F)(F)F)c1C. The molecular formula is C15H18F3NOS. The maximum Gasteiger partial charge on any atom is 0.416 e. The molecule has 0 saturated carbocycles. The Morgan fingerprint density at radius 3 is 2.29 bits per heavy atom. The Bertz CT molecular complexity index is 543. The number of hydrogen-bond donors (Lipinski definition) is 1. The van der Waals surface area contributed by atoms with Crippen LogP contribution in [0.5, 0.6) is 0 Å². The summed E-state index contributed by atoms with van der Waals surface area (Å²) in [5, 5.41) is 0. The standard InChI is InChI=1S/C15H18F3NOS/c1-6-13(19-21(20)14(3,4)5)11-8-7-9-12(10(11)2)15(16,17)18/h1,7-9,13,19H,2-5H3/t13?,21-/m0/s1. The Balaban J connectivity index is 3.17. The molecule has 0 bridgehead atoms. The molecule has 116 valence electrons. The van der Waals surface area contributed by atoms with Crippen LogP contribution in [-0.4, -0.2) is 9.30 Å². The molecule has 0 fully saturated rings. The molecule has 2 atom stereocenters. The van der Waals surface area contributed by atoms with Crippen LogP contribution in [0.1, 0.15) is 43.5 Å². The zero-order chi connectivity index (χ0) is 16.4. The molecule has 0 aliphatic rings. The lowest BCUT2D eigenvalue weighted by atomic mass is 9.97. The van der Waals surface area contributed by atoms with Crippen molar-refractivity contribution in [3.63, 3.8) is 0 Å². The van der Waals surface area contributed by atoms with Crippen molar-refractivity contribution in [1.29, 1.82) is 0 Å². The van der Waals surface area contributed by atoms with Gasteiger partial charge in [-0.2, -0.15) is 13.2 Å². The van der Waals surface area contributed by atoms with E-state index in [0.717, 1.165) is 6.07 Å². The number of alkyl halides is 3. The number of nitrogens with one attached hydrogen (secondary N) is 1. The molecule has 0 heterocycles. The number of terminal acetylenes is 1. The van der Waals surface area contributed by atoms with Crippen molar-refractivity contribution in [2.45, 2.75) is 44.7 Å². The van der Waals surface area contributed by atoms with Crippen LogP contribution in [-0.2, 0) is 17.5 Å². The molecule has 0 spiro atoms. The number of rotatable bonds is 3. The van der Waals surface area contributed by atoms with Gasteiger partial charge in [0.2, 0.25) is 0 Å². The maximum absolute atomic E-state index is 12.9. The van der Waals surface area contributed by atoms with Gasteiger partial charge in [0.15, 0.2) is 0 Å². The van der Waals surface area contributed by atoms with E-state index in [1.807, 2.05) is 0 Å². The second-order valence-electron chi connectivity index (χ2n) is 5.62. The van der Waals surface area contributed by atoms with E-state index in [1.54, 1.807) is 20.8 Å². The van der Waals surface area contributed by atoms with Gasteiger partial charge in [0.25, 0.3) is 0 Å². The molecule has 0 aliphatic carbocycles. The lowest BCUT2D eigenvalue weighted by Crippen LogP contribution is -2.41. The van der Waals surface area contributed by atoms with E-state index in [2.05, 4.69) is 10.6 Å². The first-order valence-electron chi connectivity index (χ1n) is 6.29. The third-order valence-electron chi connectivity index (χ3n) is 2.94.